The predicted octanol–water partition coefficient (Wildman–Crippen LogP) is -1.92. The van der Waals surface area contributed by atoms with E-state index >= 15 is 0 Å². The van der Waals surface area contributed by atoms with Gasteiger partial charge in [-0.1, -0.05) is 20.8 Å². The van der Waals surface area contributed by atoms with E-state index in [0.717, 1.165) is 0 Å². The second-order valence-corrected chi connectivity index (χ2v) is 5.38. The normalized spacial score (nSPS) is 21.7. The topological polar surface area (TPSA) is 121 Å². The first-order chi connectivity index (χ1) is 7.66. The molecule has 0 aliphatic rings. The Labute approximate surface area is 101 Å². The molecule has 1 unspecified atom stereocenters. The molecule has 104 valence electrons. The molecule has 0 aromatic rings. The lowest BCUT2D eigenvalue weighted by Gasteiger charge is -2.37. The molecule has 17 heavy (non-hydrogen) atoms. The van der Waals surface area contributed by atoms with Gasteiger partial charge in [-0.2, -0.15) is 0 Å². The highest BCUT2D eigenvalue weighted by Crippen LogP contribution is 2.30. The van der Waals surface area contributed by atoms with Crippen molar-refractivity contribution in [1.29, 1.82) is 0 Å². The summed E-state index contributed by atoms with van der Waals surface area (Å²) < 4.78 is 0. The van der Waals surface area contributed by atoms with Crippen molar-refractivity contribution in [1.82, 2.24) is 0 Å². The van der Waals surface area contributed by atoms with Gasteiger partial charge in [0.15, 0.2) is 0 Å². The quantitative estimate of drug-likeness (QED) is 0.328. The molecule has 0 aromatic carbocycles. The molecule has 0 saturated carbocycles. The van der Waals surface area contributed by atoms with Gasteiger partial charge in [0.05, 0.1) is 12.7 Å². The van der Waals surface area contributed by atoms with Crippen LogP contribution in [0.1, 0.15) is 20.8 Å². The van der Waals surface area contributed by atoms with Crippen LogP contribution in [-0.2, 0) is 0 Å². The summed E-state index contributed by atoms with van der Waals surface area (Å²) in [5, 5.41) is 56.0. The summed E-state index contributed by atoms with van der Waals surface area (Å²) in [6, 6.07) is 0. The molecule has 0 saturated heterocycles. The number of hydrogen-bond acceptors (Lipinski definition) is 6. The summed E-state index contributed by atoms with van der Waals surface area (Å²) >= 11 is 0. The second kappa shape index (κ2) is 6.63. The molecule has 6 N–H and O–H groups in total. The van der Waals surface area contributed by atoms with E-state index in [-0.39, 0.29) is 6.61 Å². The maximum absolute atomic E-state index is 9.87. The first-order valence-corrected chi connectivity index (χ1v) is 5.60. The minimum atomic E-state index is -1.66. The summed E-state index contributed by atoms with van der Waals surface area (Å²) in [6.07, 6.45) is -6.21. The van der Waals surface area contributed by atoms with E-state index < -0.39 is 42.4 Å². The first-order valence-electron chi connectivity index (χ1n) is 5.60. The Bertz CT molecular complexity index is 214. The summed E-state index contributed by atoms with van der Waals surface area (Å²) in [7, 11) is 0. The molecule has 5 atom stereocenters. The minimum absolute atomic E-state index is 0.357. The highest BCUT2D eigenvalue weighted by Gasteiger charge is 2.39. The van der Waals surface area contributed by atoms with Gasteiger partial charge in [-0.15, -0.1) is 0 Å². The average molecular weight is 252 g/mol. The molecule has 0 heterocycles. The zero-order valence-electron chi connectivity index (χ0n) is 10.5. The fraction of sp³-hybridized carbons (Fsp3) is 1.00. The number of aliphatic hydroxyl groups excluding tert-OH is 6. The third-order valence-corrected chi connectivity index (χ3v) is 3.00. The van der Waals surface area contributed by atoms with Crippen molar-refractivity contribution in [3.8, 4) is 0 Å². The molecule has 0 bridgehead atoms. The van der Waals surface area contributed by atoms with E-state index in [1.165, 1.54) is 0 Å². The molecule has 0 aromatic heterocycles. The van der Waals surface area contributed by atoms with Gasteiger partial charge >= 0.3 is 0 Å². The van der Waals surface area contributed by atoms with E-state index in [0.29, 0.717) is 0 Å². The van der Waals surface area contributed by atoms with Crippen molar-refractivity contribution < 1.29 is 30.6 Å². The Morgan fingerprint density at radius 1 is 0.765 bits per heavy atom. The molecule has 0 radical (unpaired) electrons. The molecule has 6 heteroatoms. The Morgan fingerprint density at radius 2 is 1.24 bits per heavy atom. The van der Waals surface area contributed by atoms with Gasteiger partial charge in [-0.05, 0) is 5.41 Å². The van der Waals surface area contributed by atoms with Crippen molar-refractivity contribution in [2.24, 2.45) is 11.3 Å². The van der Waals surface area contributed by atoms with Gasteiger partial charge in [0, 0.05) is 12.5 Å². The van der Waals surface area contributed by atoms with Crippen LogP contribution < -0.4 is 0 Å². The molecule has 6 nitrogen and oxygen atoms in total. The standard InChI is InChI=1S/C11H24O6/c1-11(2,3)6(4-12)8(15)10(17)9(16)7(14)5-13/h6-10,12-17H,4-5H2,1-3H3/t6?,7-,8-,9-,10-/m1/s1. The van der Waals surface area contributed by atoms with Crippen molar-refractivity contribution in [3.63, 3.8) is 0 Å². The molecule has 0 aliphatic carbocycles. The van der Waals surface area contributed by atoms with Crippen LogP contribution in [0.3, 0.4) is 0 Å². The van der Waals surface area contributed by atoms with Crippen molar-refractivity contribution in [2.45, 2.75) is 45.2 Å². The van der Waals surface area contributed by atoms with Gasteiger partial charge < -0.3 is 30.6 Å². The molecule has 0 spiro atoms. The van der Waals surface area contributed by atoms with Crippen LogP contribution in [0.5, 0.6) is 0 Å². The first kappa shape index (κ1) is 16.8. The third-order valence-electron chi connectivity index (χ3n) is 3.00. The van der Waals surface area contributed by atoms with Gasteiger partial charge in [-0.25, -0.2) is 0 Å². The summed E-state index contributed by atoms with van der Waals surface area (Å²) in [5.41, 5.74) is -0.473. The minimum Gasteiger partial charge on any atom is -0.396 e. The molecule has 0 rings (SSSR count). The van der Waals surface area contributed by atoms with Crippen LogP contribution in [-0.4, -0.2) is 68.3 Å². The summed E-state index contributed by atoms with van der Waals surface area (Å²) in [4.78, 5) is 0. The third kappa shape index (κ3) is 4.50. The maximum Gasteiger partial charge on any atom is 0.110 e. The smallest absolute Gasteiger partial charge is 0.110 e. The van der Waals surface area contributed by atoms with Crippen molar-refractivity contribution in [3.05, 3.63) is 0 Å². The van der Waals surface area contributed by atoms with Crippen LogP contribution >= 0.6 is 0 Å². The number of aliphatic hydroxyl groups is 6. The fourth-order valence-electron chi connectivity index (χ4n) is 1.67. The van der Waals surface area contributed by atoms with E-state index in [4.69, 9.17) is 10.2 Å². The largest absolute Gasteiger partial charge is 0.396 e. The monoisotopic (exact) mass is 252 g/mol. The Balaban J connectivity index is 4.72. The lowest BCUT2D eigenvalue weighted by molar-refractivity contribution is -0.143. The van der Waals surface area contributed by atoms with Crippen LogP contribution in [0.15, 0.2) is 0 Å². The lowest BCUT2D eigenvalue weighted by Crippen LogP contribution is -2.51. The Hall–Kier alpha value is -0.240. The van der Waals surface area contributed by atoms with E-state index in [1.54, 1.807) is 20.8 Å². The zero-order valence-corrected chi connectivity index (χ0v) is 10.5. The van der Waals surface area contributed by atoms with E-state index in [9.17, 15) is 20.4 Å². The summed E-state index contributed by atoms with van der Waals surface area (Å²) in [6.45, 7) is 4.25. The number of rotatable bonds is 6. The second-order valence-electron chi connectivity index (χ2n) is 5.38. The summed E-state index contributed by atoms with van der Waals surface area (Å²) in [5.74, 6) is -0.655. The molecule has 0 fully saturated rings. The van der Waals surface area contributed by atoms with Gasteiger partial charge in [0.2, 0.25) is 0 Å². The number of hydrogen-bond donors (Lipinski definition) is 6. The van der Waals surface area contributed by atoms with Crippen molar-refractivity contribution >= 4 is 0 Å². The molecular weight excluding hydrogens is 228 g/mol. The van der Waals surface area contributed by atoms with Gasteiger partial charge in [0.1, 0.15) is 18.3 Å². The van der Waals surface area contributed by atoms with Crippen molar-refractivity contribution in [2.75, 3.05) is 13.2 Å². The fourth-order valence-corrected chi connectivity index (χ4v) is 1.67. The van der Waals surface area contributed by atoms with Gasteiger partial charge in [0.25, 0.3) is 0 Å². The molecule has 0 aliphatic heterocycles. The average Bonchev–Trinajstić information content (AvgIpc) is 2.24. The zero-order chi connectivity index (χ0) is 13.8. The Morgan fingerprint density at radius 3 is 1.53 bits per heavy atom. The predicted molar refractivity (Wildman–Crippen MR) is 61.1 cm³/mol. The highest BCUT2D eigenvalue weighted by molar-refractivity contribution is 4.89. The van der Waals surface area contributed by atoms with Crippen LogP contribution in [0.2, 0.25) is 0 Å². The van der Waals surface area contributed by atoms with E-state index in [2.05, 4.69) is 0 Å². The highest BCUT2D eigenvalue weighted by atomic mass is 16.4. The lowest BCUT2D eigenvalue weighted by atomic mass is 9.75. The maximum atomic E-state index is 9.87. The molecular formula is C11H24O6. The van der Waals surface area contributed by atoms with Crippen LogP contribution in [0.25, 0.3) is 0 Å². The molecule has 0 amide bonds. The van der Waals surface area contributed by atoms with Crippen LogP contribution in [0, 0.1) is 11.3 Å². The SMILES string of the molecule is CC(C)(C)C(CO)[C@@H](O)[C@@H](O)[C@H](O)[C@H](O)CO. The van der Waals surface area contributed by atoms with Gasteiger partial charge in [-0.3, -0.25) is 0 Å². The van der Waals surface area contributed by atoms with E-state index in [1.807, 2.05) is 0 Å². The Kier molecular flexibility index (Phi) is 6.53. The van der Waals surface area contributed by atoms with Crippen LogP contribution in [0.4, 0.5) is 0 Å².